The Balaban J connectivity index is 0.00000280. The van der Waals surface area contributed by atoms with Gasteiger partial charge in [0.1, 0.15) is 0 Å². The van der Waals surface area contributed by atoms with E-state index in [0.29, 0.717) is 16.3 Å². The molecule has 0 bridgehead atoms. The van der Waals surface area contributed by atoms with Crippen molar-refractivity contribution in [2.24, 2.45) is 10.2 Å². The van der Waals surface area contributed by atoms with Gasteiger partial charge in [0.25, 0.3) is 10.1 Å². The average molecular weight is 439 g/mol. The molecule has 10 heteroatoms. The largest absolute Gasteiger partial charge is 2.00 e. The van der Waals surface area contributed by atoms with Gasteiger partial charge in [-0.15, -0.1) is 0 Å². The SMILES string of the molecule is Cc1ccc(N=Nc2c([O-])c(C(=O)[O-])cc3ccccc23)cc1S(=O)(=O)O.[Mn+2]. The van der Waals surface area contributed by atoms with Gasteiger partial charge in [-0.25, -0.2) is 0 Å². The minimum Gasteiger partial charge on any atom is -0.871 e. The molecule has 0 aliphatic carbocycles. The number of aromatic carboxylic acids is 1. The molecule has 1 N–H and O–H groups in total. The summed E-state index contributed by atoms with van der Waals surface area (Å²) in [6.07, 6.45) is 0. The van der Waals surface area contributed by atoms with E-state index in [-0.39, 0.29) is 33.3 Å². The molecule has 0 saturated heterocycles. The van der Waals surface area contributed by atoms with Gasteiger partial charge >= 0.3 is 17.1 Å². The first-order chi connectivity index (χ1) is 12.7. The van der Waals surface area contributed by atoms with Gasteiger partial charge in [0.15, 0.2) is 0 Å². The molecule has 1 radical (unpaired) electrons. The molecule has 28 heavy (non-hydrogen) atoms. The Kier molecular flexibility index (Phi) is 6.20. The van der Waals surface area contributed by atoms with Gasteiger partial charge in [0.2, 0.25) is 0 Å². The summed E-state index contributed by atoms with van der Waals surface area (Å²) in [4.78, 5) is 10.9. The second-order valence-corrected chi connectivity index (χ2v) is 7.13. The number of carboxylic acid groups (broad SMARTS) is 1. The Labute approximate surface area is 170 Å². The van der Waals surface area contributed by atoms with Crippen LogP contribution in [0.1, 0.15) is 15.9 Å². The van der Waals surface area contributed by atoms with Crippen molar-refractivity contribution in [1.82, 2.24) is 0 Å². The minimum atomic E-state index is -4.45. The predicted molar refractivity (Wildman–Crippen MR) is 92.9 cm³/mol. The molecular formula is C18H12MnN2O6S. The van der Waals surface area contributed by atoms with Crippen LogP contribution in [0.5, 0.6) is 5.75 Å². The first kappa shape index (κ1) is 21.5. The third-order valence-corrected chi connectivity index (χ3v) is 4.91. The van der Waals surface area contributed by atoms with Crippen molar-refractivity contribution in [1.29, 1.82) is 0 Å². The minimum absolute atomic E-state index is 0. The fraction of sp³-hybridized carbons (Fsp3) is 0.0556. The van der Waals surface area contributed by atoms with Crippen LogP contribution in [0.3, 0.4) is 0 Å². The van der Waals surface area contributed by atoms with Crippen LogP contribution in [-0.2, 0) is 27.2 Å². The quantitative estimate of drug-likeness (QED) is 0.375. The molecule has 0 amide bonds. The van der Waals surface area contributed by atoms with Crippen LogP contribution in [0.25, 0.3) is 10.8 Å². The number of nitrogens with zero attached hydrogens (tertiary/aromatic N) is 2. The zero-order valence-electron chi connectivity index (χ0n) is 14.3. The zero-order chi connectivity index (χ0) is 19.8. The maximum atomic E-state index is 12.4. The Morgan fingerprint density at radius 3 is 2.39 bits per heavy atom. The number of carboxylic acids is 1. The molecule has 0 aromatic heterocycles. The molecular weight excluding hydrogens is 427 g/mol. The maximum Gasteiger partial charge on any atom is 2.00 e. The number of aryl methyl sites for hydroxylation is 1. The Morgan fingerprint density at radius 2 is 1.75 bits per heavy atom. The Bertz CT molecular complexity index is 1210. The molecule has 8 nitrogen and oxygen atoms in total. The Hall–Kier alpha value is -2.78. The molecule has 0 heterocycles. The van der Waals surface area contributed by atoms with E-state index in [0.717, 1.165) is 6.07 Å². The summed E-state index contributed by atoms with van der Waals surface area (Å²) in [7, 11) is -4.45. The van der Waals surface area contributed by atoms with Crippen molar-refractivity contribution >= 4 is 38.2 Å². The third-order valence-electron chi connectivity index (χ3n) is 3.91. The number of hydrogen-bond acceptors (Lipinski definition) is 7. The van der Waals surface area contributed by atoms with Gasteiger partial charge in [0, 0.05) is 5.39 Å². The molecule has 0 fully saturated rings. The van der Waals surface area contributed by atoms with E-state index in [9.17, 15) is 28.0 Å². The summed E-state index contributed by atoms with van der Waals surface area (Å²) >= 11 is 0. The van der Waals surface area contributed by atoms with Crippen molar-refractivity contribution in [2.75, 3.05) is 0 Å². The summed E-state index contributed by atoms with van der Waals surface area (Å²) in [6, 6.07) is 11.7. The van der Waals surface area contributed by atoms with Gasteiger partial charge in [0.05, 0.1) is 22.2 Å². The summed E-state index contributed by atoms with van der Waals surface area (Å²) < 4.78 is 32.0. The molecule has 143 valence electrons. The summed E-state index contributed by atoms with van der Waals surface area (Å²) in [5.74, 6) is -2.49. The van der Waals surface area contributed by atoms with Gasteiger partial charge in [-0.2, -0.15) is 18.6 Å². The van der Waals surface area contributed by atoms with E-state index in [1.165, 1.54) is 25.1 Å². The van der Waals surface area contributed by atoms with Crippen molar-refractivity contribution in [3.05, 3.63) is 59.7 Å². The second-order valence-electron chi connectivity index (χ2n) is 5.74. The molecule has 0 aliphatic heterocycles. The maximum absolute atomic E-state index is 12.4. The van der Waals surface area contributed by atoms with E-state index in [1.807, 2.05) is 0 Å². The van der Waals surface area contributed by atoms with Crippen molar-refractivity contribution < 1.29 is 45.0 Å². The fourth-order valence-corrected chi connectivity index (χ4v) is 3.34. The number of carbonyl (C=O) groups is 1. The molecule has 0 atom stereocenters. The number of fused-ring (bicyclic) bond motifs is 1. The number of benzene rings is 3. The normalized spacial score (nSPS) is 11.5. The van der Waals surface area contributed by atoms with Crippen molar-refractivity contribution in [2.45, 2.75) is 11.8 Å². The number of carbonyl (C=O) groups excluding carboxylic acids is 1. The van der Waals surface area contributed by atoms with Crippen molar-refractivity contribution in [3.63, 3.8) is 0 Å². The molecule has 3 aromatic carbocycles. The first-order valence-corrected chi connectivity index (χ1v) is 9.06. The van der Waals surface area contributed by atoms with E-state index < -0.39 is 27.4 Å². The number of rotatable bonds is 4. The van der Waals surface area contributed by atoms with Gasteiger partial charge < -0.3 is 15.0 Å². The molecule has 0 aliphatic rings. The average Bonchev–Trinajstić information content (AvgIpc) is 2.60. The van der Waals surface area contributed by atoms with Crippen molar-refractivity contribution in [3.8, 4) is 5.75 Å². The first-order valence-electron chi connectivity index (χ1n) is 7.62. The van der Waals surface area contributed by atoms with Crippen LogP contribution in [0.4, 0.5) is 11.4 Å². The van der Waals surface area contributed by atoms with Crippen LogP contribution in [-0.4, -0.2) is 18.9 Å². The second kappa shape index (κ2) is 8.07. The van der Waals surface area contributed by atoms with E-state index in [1.54, 1.807) is 24.3 Å². The molecule has 0 saturated carbocycles. The predicted octanol–water partition coefficient (Wildman–Crippen LogP) is 2.24. The standard InChI is InChI=1S/C18H14N2O6S.Mn/c1-10-6-7-12(9-15(10)27(24,25)26)19-20-16-13-5-3-2-4-11(13)8-14(17(16)21)18(22)23;/h2-9,21H,1H3,(H,22,23)(H,24,25,26);/q;+2/p-2. The zero-order valence-corrected chi connectivity index (χ0v) is 16.3. The summed E-state index contributed by atoms with van der Waals surface area (Å²) in [6.45, 7) is 1.50. The van der Waals surface area contributed by atoms with Crippen LogP contribution in [0, 0.1) is 6.92 Å². The molecule has 0 unspecified atom stereocenters. The summed E-state index contributed by atoms with van der Waals surface area (Å²) in [5.41, 5.74) is -0.382. The number of azo groups is 1. The van der Waals surface area contributed by atoms with Crippen LogP contribution in [0.2, 0.25) is 0 Å². The van der Waals surface area contributed by atoms with Crippen LogP contribution < -0.4 is 10.2 Å². The van der Waals surface area contributed by atoms with E-state index in [2.05, 4.69) is 10.2 Å². The van der Waals surface area contributed by atoms with Gasteiger partial charge in [-0.05, 0) is 41.6 Å². The van der Waals surface area contributed by atoms with Crippen LogP contribution in [0.15, 0.2) is 63.7 Å². The van der Waals surface area contributed by atoms with E-state index >= 15 is 0 Å². The van der Waals surface area contributed by atoms with Crippen LogP contribution >= 0.6 is 0 Å². The monoisotopic (exact) mass is 439 g/mol. The third kappa shape index (κ3) is 4.20. The Morgan fingerprint density at radius 1 is 1.07 bits per heavy atom. The number of hydrogen-bond donors (Lipinski definition) is 1. The molecule has 0 spiro atoms. The van der Waals surface area contributed by atoms with Gasteiger partial charge in [-0.1, -0.05) is 36.1 Å². The summed E-state index contributed by atoms with van der Waals surface area (Å²) in [5, 5.41) is 32.2. The topological polar surface area (TPSA) is 142 Å². The van der Waals surface area contributed by atoms with Gasteiger partial charge in [-0.3, -0.25) is 4.55 Å². The molecule has 3 rings (SSSR count). The van der Waals surface area contributed by atoms with E-state index in [4.69, 9.17) is 0 Å². The fourth-order valence-electron chi connectivity index (χ4n) is 2.60. The molecule has 3 aromatic rings. The smallest absolute Gasteiger partial charge is 0.871 e.